The second kappa shape index (κ2) is 7.68. The number of carbonyl (C=O) groups is 1. The Hall–Kier alpha value is -1.02. The van der Waals surface area contributed by atoms with Crippen molar-refractivity contribution >= 4 is 17.6 Å². The number of hydrogen-bond acceptors (Lipinski definition) is 1. The van der Waals surface area contributed by atoms with E-state index in [1.807, 2.05) is 0 Å². The number of rotatable bonds is 5. The number of halogens is 1. The molecule has 110 valence electrons. The van der Waals surface area contributed by atoms with Crippen LogP contribution in [-0.2, 0) is 11.2 Å². The molecule has 0 spiro atoms. The number of carboxylic acids is 1. The summed E-state index contributed by atoms with van der Waals surface area (Å²) in [5.41, 5.74) is 2.56. The van der Waals surface area contributed by atoms with E-state index in [1.54, 1.807) is 0 Å². The molecule has 1 unspecified atom stereocenters. The second-order valence-corrected chi connectivity index (χ2v) is 6.45. The van der Waals surface area contributed by atoms with Gasteiger partial charge in [-0.15, -0.1) is 11.6 Å². The van der Waals surface area contributed by atoms with Crippen molar-refractivity contribution in [3.63, 3.8) is 0 Å². The Labute approximate surface area is 126 Å². The first-order valence-corrected chi connectivity index (χ1v) is 8.03. The largest absolute Gasteiger partial charge is 0.481 e. The number of aliphatic carboxylic acids is 1. The van der Waals surface area contributed by atoms with E-state index in [9.17, 15) is 4.79 Å². The fourth-order valence-corrected chi connectivity index (χ4v) is 3.37. The molecule has 0 saturated heterocycles. The minimum absolute atomic E-state index is 0.0198. The summed E-state index contributed by atoms with van der Waals surface area (Å²) in [5, 5.41) is 8.40. The van der Waals surface area contributed by atoms with Crippen molar-refractivity contribution in [1.82, 2.24) is 0 Å². The quantitative estimate of drug-likeness (QED) is 0.628. The Balaban J connectivity index is 1.93. The van der Waals surface area contributed by atoms with Gasteiger partial charge in [-0.25, -0.2) is 0 Å². The van der Waals surface area contributed by atoms with Gasteiger partial charge in [-0.05, 0) is 36.3 Å². The lowest BCUT2D eigenvalue weighted by Gasteiger charge is -2.15. The molecule has 1 aliphatic carbocycles. The number of hydrogen-bond donors (Lipinski definition) is 1. The maximum absolute atomic E-state index is 10.6. The van der Waals surface area contributed by atoms with Crippen molar-refractivity contribution in [2.45, 2.75) is 62.7 Å². The highest BCUT2D eigenvalue weighted by atomic mass is 35.5. The summed E-state index contributed by atoms with van der Waals surface area (Å²) in [6.07, 6.45) is 8.68. The maximum atomic E-state index is 10.6. The molecule has 2 nitrogen and oxygen atoms in total. The lowest BCUT2D eigenvalue weighted by atomic mass is 9.91. The Kier molecular flexibility index (Phi) is 5.90. The van der Waals surface area contributed by atoms with Gasteiger partial charge in [-0.1, -0.05) is 49.9 Å². The SMILES string of the molecule is O=C(O)CC(Cl)Cc1ccc(C2CCCCCC2)cc1. The topological polar surface area (TPSA) is 37.3 Å². The molecule has 1 aliphatic rings. The summed E-state index contributed by atoms with van der Waals surface area (Å²) >= 11 is 6.04. The smallest absolute Gasteiger partial charge is 0.304 e. The van der Waals surface area contributed by atoms with Crippen molar-refractivity contribution in [2.24, 2.45) is 0 Å². The van der Waals surface area contributed by atoms with Gasteiger partial charge in [0, 0.05) is 5.38 Å². The first-order valence-electron chi connectivity index (χ1n) is 7.60. The summed E-state index contributed by atoms with van der Waals surface area (Å²) in [6.45, 7) is 0. The molecular formula is C17H23ClO2. The average Bonchev–Trinajstić information content (AvgIpc) is 2.67. The fraction of sp³-hybridized carbons (Fsp3) is 0.588. The lowest BCUT2D eigenvalue weighted by Crippen LogP contribution is -2.10. The van der Waals surface area contributed by atoms with Crippen molar-refractivity contribution in [3.05, 3.63) is 35.4 Å². The molecule has 1 aromatic carbocycles. The van der Waals surface area contributed by atoms with Crippen LogP contribution in [0.2, 0.25) is 0 Å². The number of alkyl halides is 1. The highest BCUT2D eigenvalue weighted by Crippen LogP contribution is 2.31. The maximum Gasteiger partial charge on any atom is 0.304 e. The lowest BCUT2D eigenvalue weighted by molar-refractivity contribution is -0.137. The Morgan fingerprint density at radius 3 is 2.30 bits per heavy atom. The van der Waals surface area contributed by atoms with Crippen molar-refractivity contribution in [2.75, 3.05) is 0 Å². The van der Waals surface area contributed by atoms with Gasteiger partial charge in [0.15, 0.2) is 0 Å². The van der Waals surface area contributed by atoms with Gasteiger partial charge in [-0.2, -0.15) is 0 Å². The number of carboxylic acid groups (broad SMARTS) is 1. The molecule has 0 bridgehead atoms. The monoisotopic (exact) mass is 294 g/mol. The first kappa shape index (κ1) is 15.4. The molecular weight excluding hydrogens is 272 g/mol. The van der Waals surface area contributed by atoms with E-state index in [0.29, 0.717) is 12.3 Å². The third-order valence-electron chi connectivity index (χ3n) is 4.16. The first-order chi connectivity index (χ1) is 9.65. The van der Waals surface area contributed by atoms with Crippen molar-refractivity contribution in [1.29, 1.82) is 0 Å². The van der Waals surface area contributed by atoms with Crippen LogP contribution in [0.15, 0.2) is 24.3 Å². The third kappa shape index (κ3) is 4.82. The van der Waals surface area contributed by atoms with Gasteiger partial charge in [0.2, 0.25) is 0 Å². The second-order valence-electron chi connectivity index (χ2n) is 5.83. The van der Waals surface area contributed by atoms with E-state index < -0.39 is 5.97 Å². The minimum atomic E-state index is -0.833. The van der Waals surface area contributed by atoms with Crippen LogP contribution >= 0.6 is 11.6 Å². The highest BCUT2D eigenvalue weighted by Gasteiger charge is 2.15. The minimum Gasteiger partial charge on any atom is -0.481 e. The van der Waals surface area contributed by atoms with Crippen LogP contribution in [0.4, 0.5) is 0 Å². The van der Waals surface area contributed by atoms with Gasteiger partial charge in [0.05, 0.1) is 6.42 Å². The van der Waals surface area contributed by atoms with E-state index >= 15 is 0 Å². The Morgan fingerprint density at radius 2 is 1.75 bits per heavy atom. The molecule has 2 rings (SSSR count). The zero-order valence-corrected chi connectivity index (χ0v) is 12.6. The van der Waals surface area contributed by atoms with E-state index in [4.69, 9.17) is 16.7 Å². The van der Waals surface area contributed by atoms with Crippen molar-refractivity contribution < 1.29 is 9.90 Å². The van der Waals surface area contributed by atoms with Crippen LogP contribution < -0.4 is 0 Å². The Bertz CT molecular complexity index is 419. The van der Waals surface area contributed by atoms with Crippen LogP contribution in [0, 0.1) is 0 Å². The molecule has 0 aliphatic heterocycles. The molecule has 1 aromatic rings. The van der Waals surface area contributed by atoms with Gasteiger partial charge in [0.25, 0.3) is 0 Å². The van der Waals surface area contributed by atoms with Crippen LogP contribution in [0.5, 0.6) is 0 Å². The van der Waals surface area contributed by atoms with E-state index in [0.717, 1.165) is 5.56 Å². The highest BCUT2D eigenvalue weighted by molar-refractivity contribution is 6.21. The van der Waals surface area contributed by atoms with E-state index in [2.05, 4.69) is 24.3 Å². The molecule has 0 heterocycles. The summed E-state index contributed by atoms with van der Waals surface area (Å²) in [4.78, 5) is 10.6. The molecule has 0 aromatic heterocycles. The molecule has 1 saturated carbocycles. The molecule has 1 N–H and O–H groups in total. The third-order valence-corrected chi connectivity index (χ3v) is 4.47. The summed E-state index contributed by atoms with van der Waals surface area (Å²) in [7, 11) is 0. The standard InChI is InChI=1S/C17H23ClO2/c18-16(12-17(19)20)11-13-7-9-15(10-8-13)14-5-3-1-2-4-6-14/h7-10,14,16H,1-6,11-12H2,(H,19,20). The summed E-state index contributed by atoms with van der Waals surface area (Å²) < 4.78 is 0. The Morgan fingerprint density at radius 1 is 1.15 bits per heavy atom. The van der Waals surface area contributed by atoms with Gasteiger partial charge in [0.1, 0.15) is 0 Å². The van der Waals surface area contributed by atoms with Gasteiger partial charge >= 0.3 is 5.97 Å². The van der Waals surface area contributed by atoms with E-state index in [1.165, 1.54) is 44.1 Å². The predicted molar refractivity (Wildman–Crippen MR) is 82.5 cm³/mol. The molecule has 3 heteroatoms. The van der Waals surface area contributed by atoms with Gasteiger partial charge in [-0.3, -0.25) is 4.79 Å². The summed E-state index contributed by atoms with van der Waals surface area (Å²) in [5.74, 6) is -0.127. The average molecular weight is 295 g/mol. The van der Waals surface area contributed by atoms with Crippen LogP contribution in [0.1, 0.15) is 62.0 Å². The van der Waals surface area contributed by atoms with Crippen LogP contribution in [0.3, 0.4) is 0 Å². The summed E-state index contributed by atoms with van der Waals surface area (Å²) in [6, 6.07) is 8.63. The van der Waals surface area contributed by atoms with Gasteiger partial charge < -0.3 is 5.11 Å². The van der Waals surface area contributed by atoms with Crippen LogP contribution in [0.25, 0.3) is 0 Å². The zero-order chi connectivity index (χ0) is 14.4. The molecule has 20 heavy (non-hydrogen) atoms. The van der Waals surface area contributed by atoms with Crippen LogP contribution in [-0.4, -0.2) is 16.5 Å². The fourth-order valence-electron chi connectivity index (χ4n) is 3.06. The normalized spacial score (nSPS) is 18.4. The van der Waals surface area contributed by atoms with E-state index in [-0.39, 0.29) is 11.8 Å². The molecule has 1 atom stereocenters. The molecule has 1 fully saturated rings. The predicted octanol–water partition coefficient (Wildman–Crippen LogP) is 4.75. The number of benzene rings is 1. The molecule has 0 radical (unpaired) electrons. The van der Waals surface area contributed by atoms with Crippen molar-refractivity contribution in [3.8, 4) is 0 Å². The zero-order valence-electron chi connectivity index (χ0n) is 11.9. The molecule has 0 amide bonds.